The Balaban J connectivity index is 1.61. The lowest BCUT2D eigenvalue weighted by atomic mass is 9.95. The van der Waals surface area contributed by atoms with Crippen molar-refractivity contribution >= 4 is 5.78 Å². The topological polar surface area (TPSA) is 186 Å². The van der Waals surface area contributed by atoms with Gasteiger partial charge in [0.25, 0.3) is 0 Å². The van der Waals surface area contributed by atoms with E-state index in [0.29, 0.717) is 5.56 Å². The molecule has 0 aromatic heterocycles. The number of phenolic OH excluding ortho intramolecular Hbond substituents is 3. The largest absolute Gasteiger partial charge is 0.504 e. The zero-order valence-electron chi connectivity index (χ0n) is 16.5. The van der Waals surface area contributed by atoms with Crippen LogP contribution in [0.4, 0.5) is 0 Å². The van der Waals surface area contributed by atoms with Crippen LogP contribution in [0.1, 0.15) is 28.4 Å². The number of carbonyl (C=O) groups excluding carboxylic acids is 1. The highest BCUT2D eigenvalue weighted by molar-refractivity contribution is 6.01. The monoisotopic (exact) mass is 450 g/mol. The van der Waals surface area contributed by atoms with Crippen LogP contribution in [0.3, 0.4) is 0 Å². The average Bonchev–Trinajstić information content (AvgIpc) is 2.77. The van der Waals surface area contributed by atoms with Gasteiger partial charge in [-0.3, -0.25) is 4.79 Å². The Kier molecular flexibility index (Phi) is 5.84. The molecular weight excluding hydrogens is 428 g/mol. The molecule has 0 radical (unpaired) electrons. The number of Topliss-reactive ketones (excluding diaryl/α,β-unsaturated/α-hetero) is 1. The van der Waals surface area contributed by atoms with Crippen molar-refractivity contribution in [2.75, 3.05) is 6.61 Å². The molecule has 0 bridgehead atoms. The van der Waals surface area contributed by atoms with E-state index in [1.165, 1.54) is 30.3 Å². The van der Waals surface area contributed by atoms with Gasteiger partial charge < -0.3 is 50.0 Å². The van der Waals surface area contributed by atoms with Crippen molar-refractivity contribution < 1.29 is 54.8 Å². The standard InChI is InChI=1S/C21H22O11/c22-7-15-16(26)18(28)19(29)21(32-15)31-13-4-2-9-11(24)6-14(30-20(9)17(13)27)8-1-3-10(23)12(25)5-8/h1-5,14-16,18-19,21-23,25-29H,6-7H2/t14?,15?,16-,18-,19?,21+/m0/s1. The minimum atomic E-state index is -1.70. The number of hydrogen-bond acceptors (Lipinski definition) is 11. The van der Waals surface area contributed by atoms with E-state index in [2.05, 4.69) is 0 Å². The summed E-state index contributed by atoms with van der Waals surface area (Å²) in [4.78, 5) is 12.6. The molecule has 3 unspecified atom stereocenters. The van der Waals surface area contributed by atoms with Crippen LogP contribution >= 0.6 is 0 Å². The Morgan fingerprint density at radius 2 is 1.72 bits per heavy atom. The summed E-state index contributed by atoms with van der Waals surface area (Å²) in [6, 6.07) is 6.55. The van der Waals surface area contributed by atoms with Gasteiger partial charge in [0.1, 0.15) is 30.5 Å². The van der Waals surface area contributed by atoms with Gasteiger partial charge in [-0.2, -0.15) is 0 Å². The van der Waals surface area contributed by atoms with Crippen LogP contribution in [-0.2, 0) is 4.74 Å². The molecule has 32 heavy (non-hydrogen) atoms. The predicted octanol–water partition coefficient (Wildman–Crippen LogP) is -0.311. The van der Waals surface area contributed by atoms with Crippen molar-refractivity contribution in [1.82, 2.24) is 0 Å². The molecule has 172 valence electrons. The molecule has 0 amide bonds. The number of benzene rings is 2. The lowest BCUT2D eigenvalue weighted by Gasteiger charge is -2.39. The van der Waals surface area contributed by atoms with Gasteiger partial charge in [-0.05, 0) is 29.8 Å². The van der Waals surface area contributed by atoms with Gasteiger partial charge >= 0.3 is 0 Å². The summed E-state index contributed by atoms with van der Waals surface area (Å²) < 4.78 is 16.5. The number of hydrogen-bond donors (Lipinski definition) is 7. The third kappa shape index (κ3) is 3.80. The predicted molar refractivity (Wildman–Crippen MR) is 105 cm³/mol. The number of phenols is 3. The van der Waals surface area contributed by atoms with Crippen LogP contribution in [0, 0.1) is 0 Å². The maximum Gasteiger partial charge on any atom is 0.229 e. The second kappa shape index (κ2) is 8.45. The summed E-state index contributed by atoms with van der Waals surface area (Å²) >= 11 is 0. The number of aliphatic hydroxyl groups is 4. The Labute approximate surface area is 181 Å². The van der Waals surface area contributed by atoms with E-state index in [1.807, 2.05) is 0 Å². The summed E-state index contributed by atoms with van der Waals surface area (Å²) in [5.41, 5.74) is 0.474. The fourth-order valence-electron chi connectivity index (χ4n) is 3.67. The van der Waals surface area contributed by atoms with Gasteiger partial charge in [0.05, 0.1) is 18.6 Å². The first-order chi connectivity index (χ1) is 15.2. The third-order valence-electron chi connectivity index (χ3n) is 5.49. The van der Waals surface area contributed by atoms with Gasteiger partial charge in [-0.25, -0.2) is 0 Å². The first-order valence-corrected chi connectivity index (χ1v) is 9.76. The van der Waals surface area contributed by atoms with Gasteiger partial charge in [0.2, 0.25) is 12.0 Å². The average molecular weight is 450 g/mol. The maximum atomic E-state index is 12.6. The Bertz CT molecular complexity index is 1020. The fraction of sp³-hybridized carbons (Fsp3) is 0.381. The smallest absolute Gasteiger partial charge is 0.229 e. The second-order valence-electron chi connectivity index (χ2n) is 7.59. The summed E-state index contributed by atoms with van der Waals surface area (Å²) in [7, 11) is 0. The van der Waals surface area contributed by atoms with E-state index in [4.69, 9.17) is 14.2 Å². The van der Waals surface area contributed by atoms with Crippen molar-refractivity contribution in [2.45, 2.75) is 43.2 Å². The van der Waals surface area contributed by atoms with E-state index >= 15 is 0 Å². The lowest BCUT2D eigenvalue weighted by Crippen LogP contribution is -2.60. The van der Waals surface area contributed by atoms with E-state index in [-0.39, 0.29) is 35.0 Å². The first kappa shape index (κ1) is 22.1. The van der Waals surface area contributed by atoms with Crippen molar-refractivity contribution in [2.24, 2.45) is 0 Å². The van der Waals surface area contributed by atoms with E-state index in [9.17, 15) is 40.5 Å². The van der Waals surface area contributed by atoms with Crippen LogP contribution in [0.2, 0.25) is 0 Å². The van der Waals surface area contributed by atoms with Crippen LogP contribution in [0.25, 0.3) is 0 Å². The normalized spacial score (nSPS) is 29.8. The summed E-state index contributed by atoms with van der Waals surface area (Å²) in [5.74, 6) is -2.09. The number of ketones is 1. The molecule has 0 saturated carbocycles. The zero-order chi connectivity index (χ0) is 23.2. The number of carbonyl (C=O) groups is 1. The molecule has 6 atom stereocenters. The molecule has 2 aliphatic rings. The highest BCUT2D eigenvalue weighted by Crippen LogP contribution is 2.46. The molecule has 1 saturated heterocycles. The number of ether oxygens (including phenoxy) is 3. The van der Waals surface area contributed by atoms with Gasteiger partial charge in [-0.1, -0.05) is 6.07 Å². The number of rotatable bonds is 4. The molecule has 11 nitrogen and oxygen atoms in total. The number of aliphatic hydroxyl groups excluding tert-OH is 4. The van der Waals surface area contributed by atoms with E-state index in [1.54, 1.807) is 0 Å². The summed E-state index contributed by atoms with van der Waals surface area (Å²) in [6.07, 6.45) is -8.64. The molecule has 7 N–H and O–H groups in total. The second-order valence-corrected chi connectivity index (χ2v) is 7.59. The number of aromatic hydroxyl groups is 3. The molecule has 4 rings (SSSR count). The van der Waals surface area contributed by atoms with E-state index < -0.39 is 54.9 Å². The molecule has 2 aromatic carbocycles. The Morgan fingerprint density at radius 1 is 0.969 bits per heavy atom. The molecule has 2 aliphatic heterocycles. The SMILES string of the molecule is O=C1CC(c2ccc(O)c(O)c2)Oc2c1ccc(O[C@@H]1OC(CO)[C@H](O)[C@H](O)C1O)c2O. The molecule has 11 heteroatoms. The minimum absolute atomic E-state index is 0.0798. The first-order valence-electron chi connectivity index (χ1n) is 9.76. The molecule has 0 aliphatic carbocycles. The van der Waals surface area contributed by atoms with Crippen molar-refractivity contribution in [3.63, 3.8) is 0 Å². The lowest BCUT2D eigenvalue weighted by molar-refractivity contribution is -0.277. The highest BCUT2D eigenvalue weighted by atomic mass is 16.7. The molecule has 2 aromatic rings. The molecule has 2 heterocycles. The van der Waals surface area contributed by atoms with Crippen molar-refractivity contribution in [3.05, 3.63) is 41.5 Å². The molecular formula is C21H22O11. The minimum Gasteiger partial charge on any atom is -0.504 e. The van der Waals surface area contributed by atoms with Gasteiger partial charge in [-0.15, -0.1) is 0 Å². The third-order valence-corrected chi connectivity index (χ3v) is 5.49. The summed E-state index contributed by atoms with van der Waals surface area (Å²) in [5, 5.41) is 69.1. The Morgan fingerprint density at radius 3 is 2.41 bits per heavy atom. The quantitative estimate of drug-likeness (QED) is 0.303. The Hall–Kier alpha value is -3.09. The summed E-state index contributed by atoms with van der Waals surface area (Å²) in [6.45, 7) is -0.653. The van der Waals surface area contributed by atoms with Crippen molar-refractivity contribution in [1.29, 1.82) is 0 Å². The van der Waals surface area contributed by atoms with Crippen LogP contribution in [0.15, 0.2) is 30.3 Å². The molecule has 1 fully saturated rings. The van der Waals surface area contributed by atoms with Crippen molar-refractivity contribution in [3.8, 4) is 28.7 Å². The van der Waals surface area contributed by atoms with Crippen LogP contribution in [0.5, 0.6) is 28.7 Å². The molecule has 0 spiro atoms. The fourth-order valence-corrected chi connectivity index (χ4v) is 3.67. The van der Waals surface area contributed by atoms with Gasteiger partial charge in [0.15, 0.2) is 28.8 Å². The number of fused-ring (bicyclic) bond motifs is 1. The van der Waals surface area contributed by atoms with Crippen LogP contribution in [-0.4, -0.2) is 78.8 Å². The maximum absolute atomic E-state index is 12.6. The highest BCUT2D eigenvalue weighted by Gasteiger charge is 2.45. The zero-order valence-corrected chi connectivity index (χ0v) is 16.5. The van der Waals surface area contributed by atoms with Crippen LogP contribution < -0.4 is 9.47 Å². The van der Waals surface area contributed by atoms with E-state index in [0.717, 1.165) is 0 Å². The van der Waals surface area contributed by atoms with Gasteiger partial charge in [0, 0.05) is 0 Å².